The van der Waals surface area contributed by atoms with E-state index >= 15 is 0 Å². The number of thiazole rings is 1. The third-order valence-corrected chi connectivity index (χ3v) is 5.20. The van der Waals surface area contributed by atoms with Crippen molar-refractivity contribution in [2.24, 2.45) is 0 Å². The van der Waals surface area contributed by atoms with E-state index in [2.05, 4.69) is 15.6 Å². The van der Waals surface area contributed by atoms with Crippen LogP contribution in [0.5, 0.6) is 0 Å². The monoisotopic (exact) mass is 425 g/mol. The Balaban J connectivity index is 1.63. The van der Waals surface area contributed by atoms with Crippen LogP contribution in [-0.4, -0.2) is 16.8 Å². The molecule has 0 aliphatic rings. The molecule has 1 aromatic heterocycles. The highest BCUT2D eigenvalue weighted by molar-refractivity contribution is 7.10. The lowest BCUT2D eigenvalue weighted by Gasteiger charge is -2.10. The van der Waals surface area contributed by atoms with Gasteiger partial charge in [0.25, 0.3) is 11.8 Å². The van der Waals surface area contributed by atoms with Gasteiger partial charge in [0, 0.05) is 22.3 Å². The van der Waals surface area contributed by atoms with Gasteiger partial charge in [-0.3, -0.25) is 9.59 Å². The lowest BCUT2D eigenvalue weighted by Crippen LogP contribution is -2.25. The first kappa shape index (κ1) is 20.3. The maximum absolute atomic E-state index is 13.0. The minimum atomic E-state index is -0.504. The van der Waals surface area contributed by atoms with Gasteiger partial charge in [-0.15, -0.1) is 11.3 Å². The molecule has 0 spiro atoms. The summed E-state index contributed by atoms with van der Waals surface area (Å²) in [6.45, 7) is 0. The SMILES string of the molecule is O=C(Nc1ccccc1)C(=Cc1nc(-c2ccccc2)cs1)C(=O)Nc1ccccc1. The molecule has 0 aliphatic carbocycles. The summed E-state index contributed by atoms with van der Waals surface area (Å²) < 4.78 is 0. The molecule has 0 bridgehead atoms. The standard InChI is InChI=1S/C25H19N3O2S/c29-24(26-19-12-6-2-7-13-19)21(25(30)27-20-14-8-3-9-15-20)16-23-28-22(17-31-23)18-10-4-1-5-11-18/h1-17H,(H,26,29)(H,27,30). The predicted molar refractivity (Wildman–Crippen MR) is 126 cm³/mol. The van der Waals surface area contributed by atoms with E-state index in [1.807, 2.05) is 72.1 Å². The van der Waals surface area contributed by atoms with Crippen molar-refractivity contribution in [1.82, 2.24) is 4.98 Å². The Kier molecular flexibility index (Phi) is 6.30. The molecule has 0 saturated carbocycles. The van der Waals surface area contributed by atoms with Crippen molar-refractivity contribution in [3.63, 3.8) is 0 Å². The molecule has 0 unspecified atom stereocenters. The molecule has 0 atom stereocenters. The topological polar surface area (TPSA) is 71.1 Å². The average Bonchev–Trinajstić information content (AvgIpc) is 3.28. The average molecular weight is 426 g/mol. The van der Waals surface area contributed by atoms with Crippen LogP contribution in [0, 0.1) is 0 Å². The van der Waals surface area contributed by atoms with Gasteiger partial charge in [-0.2, -0.15) is 0 Å². The van der Waals surface area contributed by atoms with Gasteiger partial charge in [0.05, 0.1) is 5.69 Å². The van der Waals surface area contributed by atoms with Gasteiger partial charge >= 0.3 is 0 Å². The summed E-state index contributed by atoms with van der Waals surface area (Å²) in [5, 5.41) is 8.03. The van der Waals surface area contributed by atoms with Crippen molar-refractivity contribution >= 4 is 40.6 Å². The molecule has 0 radical (unpaired) electrons. The van der Waals surface area contributed by atoms with E-state index in [1.165, 1.54) is 17.4 Å². The van der Waals surface area contributed by atoms with E-state index < -0.39 is 11.8 Å². The molecule has 0 fully saturated rings. The fourth-order valence-electron chi connectivity index (χ4n) is 2.89. The molecule has 4 rings (SSSR count). The van der Waals surface area contributed by atoms with Crippen LogP contribution >= 0.6 is 11.3 Å². The van der Waals surface area contributed by atoms with Crippen LogP contribution in [0.1, 0.15) is 5.01 Å². The number of aromatic nitrogens is 1. The van der Waals surface area contributed by atoms with Crippen molar-refractivity contribution in [2.45, 2.75) is 0 Å². The maximum Gasteiger partial charge on any atom is 0.261 e. The summed E-state index contributed by atoms with van der Waals surface area (Å²) in [5.74, 6) is -1.01. The highest BCUT2D eigenvalue weighted by atomic mass is 32.1. The van der Waals surface area contributed by atoms with Crippen LogP contribution in [-0.2, 0) is 9.59 Å². The summed E-state index contributed by atoms with van der Waals surface area (Å²) in [5.41, 5.74) is 2.96. The molecule has 0 saturated heterocycles. The number of rotatable bonds is 6. The second kappa shape index (κ2) is 9.65. The Bertz CT molecular complexity index is 1150. The minimum absolute atomic E-state index is 0.0262. The Morgan fingerprint density at radius 3 is 1.71 bits per heavy atom. The van der Waals surface area contributed by atoms with Crippen molar-refractivity contribution in [3.8, 4) is 11.3 Å². The van der Waals surface area contributed by atoms with E-state index in [9.17, 15) is 9.59 Å². The van der Waals surface area contributed by atoms with E-state index in [4.69, 9.17) is 0 Å². The van der Waals surface area contributed by atoms with Gasteiger partial charge in [0.15, 0.2) is 0 Å². The molecular weight excluding hydrogens is 406 g/mol. The molecule has 5 nitrogen and oxygen atoms in total. The molecule has 2 amide bonds. The molecular formula is C25H19N3O2S. The fourth-order valence-corrected chi connectivity index (χ4v) is 3.65. The van der Waals surface area contributed by atoms with E-state index in [-0.39, 0.29) is 5.57 Å². The third kappa shape index (κ3) is 5.32. The van der Waals surface area contributed by atoms with Crippen molar-refractivity contribution in [1.29, 1.82) is 0 Å². The molecule has 2 N–H and O–H groups in total. The summed E-state index contributed by atoms with van der Waals surface area (Å²) >= 11 is 1.37. The van der Waals surface area contributed by atoms with Crippen LogP contribution in [0.4, 0.5) is 11.4 Å². The van der Waals surface area contributed by atoms with Crippen LogP contribution in [0.3, 0.4) is 0 Å². The van der Waals surface area contributed by atoms with E-state index in [0.717, 1.165) is 11.3 Å². The van der Waals surface area contributed by atoms with Crippen molar-refractivity contribution in [3.05, 3.63) is 107 Å². The molecule has 0 aliphatic heterocycles. The Labute approximate surface area is 184 Å². The van der Waals surface area contributed by atoms with Crippen LogP contribution in [0.2, 0.25) is 0 Å². The van der Waals surface area contributed by atoms with E-state index in [0.29, 0.717) is 16.4 Å². The van der Waals surface area contributed by atoms with Crippen LogP contribution < -0.4 is 10.6 Å². The zero-order valence-corrected chi connectivity index (χ0v) is 17.3. The Hall–Kier alpha value is -4.03. The van der Waals surface area contributed by atoms with Gasteiger partial charge in [-0.1, -0.05) is 66.7 Å². The number of carbonyl (C=O) groups is 2. The first-order valence-corrected chi connectivity index (χ1v) is 10.5. The zero-order chi connectivity index (χ0) is 21.5. The highest BCUT2D eigenvalue weighted by Crippen LogP contribution is 2.24. The summed E-state index contributed by atoms with van der Waals surface area (Å²) in [4.78, 5) is 30.5. The van der Waals surface area contributed by atoms with Crippen LogP contribution in [0.25, 0.3) is 17.3 Å². The summed E-state index contributed by atoms with van der Waals surface area (Å²) in [6.07, 6.45) is 1.52. The number of hydrogen-bond acceptors (Lipinski definition) is 4. The number of nitrogens with one attached hydrogen (secondary N) is 2. The van der Waals surface area contributed by atoms with Crippen molar-refractivity contribution in [2.75, 3.05) is 10.6 Å². The number of para-hydroxylation sites is 2. The number of nitrogens with zero attached hydrogens (tertiary/aromatic N) is 1. The Morgan fingerprint density at radius 2 is 1.19 bits per heavy atom. The summed E-state index contributed by atoms with van der Waals surface area (Å²) in [6, 6.07) is 27.8. The second-order valence-corrected chi connectivity index (χ2v) is 7.53. The first-order chi connectivity index (χ1) is 15.2. The smallest absolute Gasteiger partial charge is 0.261 e. The largest absolute Gasteiger partial charge is 0.322 e. The number of benzene rings is 3. The Morgan fingerprint density at radius 1 is 0.710 bits per heavy atom. The molecule has 152 valence electrons. The highest BCUT2D eigenvalue weighted by Gasteiger charge is 2.20. The molecule has 4 aromatic rings. The van der Waals surface area contributed by atoms with E-state index in [1.54, 1.807) is 24.3 Å². The molecule has 1 heterocycles. The predicted octanol–water partition coefficient (Wildman–Crippen LogP) is 5.47. The quantitative estimate of drug-likeness (QED) is 0.244. The summed E-state index contributed by atoms with van der Waals surface area (Å²) in [7, 11) is 0. The van der Waals surface area contributed by atoms with Gasteiger partial charge in [-0.25, -0.2) is 4.98 Å². The number of anilines is 2. The fraction of sp³-hybridized carbons (Fsp3) is 0. The van der Waals surface area contributed by atoms with Gasteiger partial charge in [0.2, 0.25) is 0 Å². The van der Waals surface area contributed by atoms with Gasteiger partial charge in [0.1, 0.15) is 10.6 Å². The van der Waals surface area contributed by atoms with Gasteiger partial charge in [-0.05, 0) is 30.3 Å². The lowest BCUT2D eigenvalue weighted by atomic mass is 10.2. The zero-order valence-electron chi connectivity index (χ0n) is 16.5. The second-order valence-electron chi connectivity index (χ2n) is 6.64. The molecule has 3 aromatic carbocycles. The normalized spacial score (nSPS) is 10.2. The van der Waals surface area contributed by atoms with Crippen LogP contribution in [0.15, 0.2) is 102 Å². The van der Waals surface area contributed by atoms with Crippen molar-refractivity contribution < 1.29 is 9.59 Å². The lowest BCUT2D eigenvalue weighted by molar-refractivity contribution is -0.118. The number of hydrogen-bond donors (Lipinski definition) is 2. The minimum Gasteiger partial charge on any atom is -0.322 e. The third-order valence-electron chi connectivity index (χ3n) is 4.41. The number of amides is 2. The van der Waals surface area contributed by atoms with Gasteiger partial charge < -0.3 is 10.6 Å². The number of carbonyl (C=O) groups excluding carboxylic acids is 2. The molecule has 31 heavy (non-hydrogen) atoms. The first-order valence-electron chi connectivity index (χ1n) is 9.64. The molecule has 6 heteroatoms. The maximum atomic E-state index is 13.0.